The third-order valence-electron chi connectivity index (χ3n) is 2.81. The molecular formula is C13H26O2Si. The van der Waals surface area contributed by atoms with Crippen molar-refractivity contribution in [2.45, 2.75) is 52.8 Å². The van der Waals surface area contributed by atoms with Gasteiger partial charge in [0.2, 0.25) is 0 Å². The summed E-state index contributed by atoms with van der Waals surface area (Å²) in [6, 6.07) is 0. The van der Waals surface area contributed by atoms with E-state index in [1.165, 1.54) is 0 Å². The van der Waals surface area contributed by atoms with Crippen LogP contribution in [-0.2, 0) is 9.16 Å². The van der Waals surface area contributed by atoms with Crippen LogP contribution in [0.25, 0.3) is 0 Å². The van der Waals surface area contributed by atoms with Crippen molar-refractivity contribution < 1.29 is 9.16 Å². The lowest BCUT2D eigenvalue weighted by Crippen LogP contribution is -2.40. The van der Waals surface area contributed by atoms with Gasteiger partial charge in [-0.1, -0.05) is 32.9 Å². The molecule has 0 aliphatic rings. The summed E-state index contributed by atoms with van der Waals surface area (Å²) in [6.07, 6.45) is 1.87. The standard InChI is InChI=1S/C13H26O2Si/c1-9-14-12(10-11(2)3)15-16(7,8)13(4,5)6/h10H,2,9H2,1,3-8H3/b12-10+. The largest absolute Gasteiger partial charge is 0.519 e. The molecule has 0 aromatic carbocycles. The van der Waals surface area contributed by atoms with Gasteiger partial charge < -0.3 is 9.16 Å². The summed E-state index contributed by atoms with van der Waals surface area (Å²) in [4.78, 5) is 0. The zero-order valence-corrected chi connectivity index (χ0v) is 12.8. The van der Waals surface area contributed by atoms with E-state index in [1.807, 2.05) is 19.9 Å². The van der Waals surface area contributed by atoms with Gasteiger partial charge in [-0.05, 0) is 32.0 Å². The third kappa shape index (κ3) is 4.88. The summed E-state index contributed by atoms with van der Waals surface area (Å²) < 4.78 is 11.6. The second-order valence-corrected chi connectivity index (χ2v) is 10.3. The first-order valence-corrected chi connectivity index (χ1v) is 8.70. The molecule has 0 aromatic rings. The van der Waals surface area contributed by atoms with E-state index in [2.05, 4.69) is 40.4 Å². The van der Waals surface area contributed by atoms with E-state index in [9.17, 15) is 0 Å². The Morgan fingerprint density at radius 2 is 1.81 bits per heavy atom. The van der Waals surface area contributed by atoms with Gasteiger partial charge in [-0.3, -0.25) is 0 Å². The third-order valence-corrected chi connectivity index (χ3v) is 7.14. The summed E-state index contributed by atoms with van der Waals surface area (Å²) >= 11 is 0. The molecule has 0 unspecified atom stereocenters. The molecule has 0 atom stereocenters. The van der Waals surface area contributed by atoms with Gasteiger partial charge in [0, 0.05) is 6.08 Å². The highest BCUT2D eigenvalue weighted by atomic mass is 28.4. The molecule has 0 heterocycles. The Labute approximate surface area is 101 Å². The van der Waals surface area contributed by atoms with Crippen molar-refractivity contribution in [3.05, 3.63) is 24.2 Å². The summed E-state index contributed by atoms with van der Waals surface area (Å²) in [5, 5.41) is 0.179. The van der Waals surface area contributed by atoms with E-state index in [1.54, 1.807) is 0 Å². The normalized spacial score (nSPS) is 13.6. The lowest BCUT2D eigenvalue weighted by molar-refractivity contribution is 0.107. The number of ether oxygens (including phenoxy) is 1. The first-order valence-electron chi connectivity index (χ1n) is 5.79. The van der Waals surface area contributed by atoms with Gasteiger partial charge in [0.25, 0.3) is 14.3 Å². The van der Waals surface area contributed by atoms with Crippen molar-refractivity contribution >= 4 is 8.32 Å². The fourth-order valence-corrected chi connectivity index (χ4v) is 1.78. The summed E-state index contributed by atoms with van der Waals surface area (Å²) in [5.41, 5.74) is 0.946. The molecule has 0 radical (unpaired) electrons. The number of allylic oxidation sites excluding steroid dienone is 2. The number of hydrogen-bond acceptors (Lipinski definition) is 2. The minimum absolute atomic E-state index is 0.179. The maximum atomic E-state index is 6.07. The van der Waals surface area contributed by atoms with Gasteiger partial charge >= 0.3 is 0 Å². The van der Waals surface area contributed by atoms with Crippen molar-refractivity contribution in [2.75, 3.05) is 6.61 Å². The van der Waals surface area contributed by atoms with Crippen molar-refractivity contribution in [2.24, 2.45) is 0 Å². The minimum Gasteiger partial charge on any atom is -0.519 e. The number of hydrogen-bond donors (Lipinski definition) is 0. The van der Waals surface area contributed by atoms with E-state index in [4.69, 9.17) is 9.16 Å². The van der Waals surface area contributed by atoms with E-state index in [-0.39, 0.29) is 5.04 Å². The second kappa shape index (κ2) is 5.57. The Bertz CT molecular complexity index is 272. The van der Waals surface area contributed by atoms with Gasteiger partial charge in [0.1, 0.15) is 0 Å². The molecule has 0 amide bonds. The Balaban J connectivity index is 4.83. The zero-order chi connectivity index (χ0) is 13.0. The van der Waals surface area contributed by atoms with Crippen LogP contribution in [0.2, 0.25) is 18.1 Å². The highest BCUT2D eigenvalue weighted by Crippen LogP contribution is 2.38. The molecule has 16 heavy (non-hydrogen) atoms. The molecule has 0 fully saturated rings. The molecule has 2 nitrogen and oxygen atoms in total. The number of rotatable bonds is 5. The molecule has 94 valence electrons. The minimum atomic E-state index is -1.81. The SMILES string of the molecule is C=C(C)/C=C(\OCC)O[Si](C)(C)C(C)(C)C. The van der Waals surface area contributed by atoms with Crippen LogP contribution in [-0.4, -0.2) is 14.9 Å². The molecule has 0 aliphatic heterocycles. The maximum absolute atomic E-state index is 6.07. The Morgan fingerprint density at radius 1 is 1.31 bits per heavy atom. The Morgan fingerprint density at radius 3 is 2.12 bits per heavy atom. The molecule has 0 rings (SSSR count). The van der Waals surface area contributed by atoms with Crippen LogP contribution in [0.1, 0.15) is 34.6 Å². The van der Waals surface area contributed by atoms with Crippen molar-refractivity contribution in [1.29, 1.82) is 0 Å². The van der Waals surface area contributed by atoms with Crippen LogP contribution < -0.4 is 0 Å². The molecule has 0 aliphatic carbocycles. The lowest BCUT2D eigenvalue weighted by atomic mass is 10.2. The Hall–Kier alpha value is -0.703. The smallest absolute Gasteiger partial charge is 0.265 e. The average molecular weight is 242 g/mol. The van der Waals surface area contributed by atoms with Crippen LogP contribution in [0.5, 0.6) is 0 Å². The molecular weight excluding hydrogens is 216 g/mol. The van der Waals surface area contributed by atoms with E-state index < -0.39 is 8.32 Å². The summed E-state index contributed by atoms with van der Waals surface area (Å²) in [7, 11) is -1.81. The molecule has 0 bridgehead atoms. The van der Waals surface area contributed by atoms with Crippen LogP contribution in [0, 0.1) is 0 Å². The average Bonchev–Trinajstić information content (AvgIpc) is 1.99. The van der Waals surface area contributed by atoms with Crippen molar-refractivity contribution in [3.8, 4) is 0 Å². The van der Waals surface area contributed by atoms with Crippen LogP contribution >= 0.6 is 0 Å². The topological polar surface area (TPSA) is 18.5 Å². The molecule has 3 heteroatoms. The summed E-state index contributed by atoms with van der Waals surface area (Å²) in [5.74, 6) is 0.613. The quantitative estimate of drug-likeness (QED) is 0.402. The van der Waals surface area contributed by atoms with E-state index in [0.29, 0.717) is 12.6 Å². The first-order chi connectivity index (χ1) is 7.10. The predicted molar refractivity (Wildman–Crippen MR) is 72.8 cm³/mol. The van der Waals surface area contributed by atoms with Crippen LogP contribution in [0.4, 0.5) is 0 Å². The fraction of sp³-hybridized carbons (Fsp3) is 0.692. The van der Waals surface area contributed by atoms with Gasteiger partial charge in [-0.25, -0.2) is 0 Å². The van der Waals surface area contributed by atoms with Crippen molar-refractivity contribution in [1.82, 2.24) is 0 Å². The fourth-order valence-electron chi connectivity index (χ4n) is 0.849. The molecule has 0 saturated carbocycles. The van der Waals surface area contributed by atoms with E-state index in [0.717, 1.165) is 5.57 Å². The van der Waals surface area contributed by atoms with Gasteiger partial charge in [0.05, 0.1) is 6.61 Å². The van der Waals surface area contributed by atoms with Crippen LogP contribution in [0.15, 0.2) is 24.2 Å². The van der Waals surface area contributed by atoms with Gasteiger partial charge in [0.15, 0.2) is 0 Å². The zero-order valence-electron chi connectivity index (χ0n) is 11.8. The first kappa shape index (κ1) is 15.3. The van der Waals surface area contributed by atoms with Gasteiger partial charge in [-0.15, -0.1) is 0 Å². The monoisotopic (exact) mass is 242 g/mol. The Kier molecular flexibility index (Phi) is 5.33. The molecule has 0 spiro atoms. The van der Waals surface area contributed by atoms with Gasteiger partial charge in [-0.2, -0.15) is 0 Å². The maximum Gasteiger partial charge on any atom is 0.265 e. The predicted octanol–water partition coefficient (Wildman–Crippen LogP) is 4.46. The second-order valence-electron chi connectivity index (χ2n) is 5.61. The van der Waals surface area contributed by atoms with Crippen LogP contribution in [0.3, 0.4) is 0 Å². The molecule has 0 saturated heterocycles. The highest BCUT2D eigenvalue weighted by molar-refractivity contribution is 6.74. The highest BCUT2D eigenvalue weighted by Gasteiger charge is 2.39. The lowest BCUT2D eigenvalue weighted by Gasteiger charge is -2.36. The van der Waals surface area contributed by atoms with Crippen molar-refractivity contribution in [3.63, 3.8) is 0 Å². The summed E-state index contributed by atoms with van der Waals surface area (Å²) in [6.45, 7) is 19.4. The molecule has 0 aromatic heterocycles. The molecule has 0 N–H and O–H groups in total. The van der Waals surface area contributed by atoms with E-state index >= 15 is 0 Å².